The summed E-state index contributed by atoms with van der Waals surface area (Å²) in [6.07, 6.45) is 7.46. The van der Waals surface area contributed by atoms with Gasteiger partial charge in [-0.1, -0.05) is 26.7 Å². The molecule has 108 valence electrons. The molecule has 3 atom stereocenters. The van der Waals surface area contributed by atoms with Crippen molar-refractivity contribution in [2.75, 3.05) is 13.2 Å². The summed E-state index contributed by atoms with van der Waals surface area (Å²) < 4.78 is 0. The van der Waals surface area contributed by atoms with E-state index in [0.29, 0.717) is 24.0 Å². The van der Waals surface area contributed by atoms with Gasteiger partial charge in [0.05, 0.1) is 0 Å². The summed E-state index contributed by atoms with van der Waals surface area (Å²) in [5.41, 5.74) is 0. The first kappa shape index (κ1) is 15.9. The Hall–Kier alpha value is -0.120. The van der Waals surface area contributed by atoms with Crippen LogP contribution in [0.4, 0.5) is 0 Å². The van der Waals surface area contributed by atoms with Gasteiger partial charge in [0, 0.05) is 24.7 Å². The van der Waals surface area contributed by atoms with Crippen LogP contribution < -0.4 is 10.6 Å². The van der Waals surface area contributed by atoms with Gasteiger partial charge in [-0.25, -0.2) is 0 Å². The van der Waals surface area contributed by atoms with E-state index in [4.69, 9.17) is 5.11 Å². The second kappa shape index (κ2) is 8.89. The Balaban J connectivity index is 2.31. The molecule has 0 amide bonds. The van der Waals surface area contributed by atoms with Crippen LogP contribution in [0.3, 0.4) is 0 Å². The quantitative estimate of drug-likeness (QED) is 0.655. The maximum Gasteiger partial charge on any atom is 0.0445 e. The number of hydrogen-bond acceptors (Lipinski definition) is 3. The highest BCUT2D eigenvalue weighted by atomic mass is 16.3. The lowest BCUT2D eigenvalue weighted by Gasteiger charge is -2.28. The van der Waals surface area contributed by atoms with Gasteiger partial charge in [0.1, 0.15) is 0 Å². The first-order valence-corrected chi connectivity index (χ1v) is 7.73. The van der Waals surface area contributed by atoms with E-state index < -0.39 is 0 Å². The monoisotopic (exact) mass is 256 g/mol. The molecule has 0 aromatic carbocycles. The molecule has 1 rings (SSSR count). The fourth-order valence-electron chi connectivity index (χ4n) is 2.91. The molecule has 0 aromatic rings. The van der Waals surface area contributed by atoms with Crippen LogP contribution in [-0.4, -0.2) is 36.4 Å². The van der Waals surface area contributed by atoms with Gasteiger partial charge in [0.15, 0.2) is 0 Å². The standard InChI is InChI=1S/C15H32N2O/c1-12(2)15(8-10-18)17-13(3)11-14-7-5-4-6-9-16-14/h12-18H,4-11H2,1-3H3. The highest BCUT2D eigenvalue weighted by Crippen LogP contribution is 2.14. The fourth-order valence-corrected chi connectivity index (χ4v) is 2.91. The molecule has 0 aromatic heterocycles. The molecule has 0 radical (unpaired) electrons. The molecule has 1 aliphatic rings. The minimum absolute atomic E-state index is 0.282. The third-order valence-corrected chi connectivity index (χ3v) is 4.04. The summed E-state index contributed by atoms with van der Waals surface area (Å²) in [5, 5.41) is 16.4. The van der Waals surface area contributed by atoms with Gasteiger partial charge in [-0.05, 0) is 45.1 Å². The number of rotatable bonds is 7. The zero-order valence-corrected chi connectivity index (χ0v) is 12.4. The van der Waals surface area contributed by atoms with Gasteiger partial charge in [0.2, 0.25) is 0 Å². The fraction of sp³-hybridized carbons (Fsp3) is 1.00. The van der Waals surface area contributed by atoms with E-state index in [-0.39, 0.29) is 6.61 Å². The molecule has 1 saturated heterocycles. The SMILES string of the molecule is CC(CC1CCCCCN1)NC(CCO)C(C)C. The Labute approximate surface area is 113 Å². The third kappa shape index (κ3) is 6.17. The Morgan fingerprint density at radius 2 is 2.00 bits per heavy atom. The molecule has 1 fully saturated rings. The highest BCUT2D eigenvalue weighted by Gasteiger charge is 2.19. The van der Waals surface area contributed by atoms with Crippen molar-refractivity contribution in [3.05, 3.63) is 0 Å². The second-order valence-corrected chi connectivity index (χ2v) is 6.17. The minimum atomic E-state index is 0.282. The van der Waals surface area contributed by atoms with Crippen LogP contribution in [0.5, 0.6) is 0 Å². The molecule has 3 N–H and O–H groups in total. The smallest absolute Gasteiger partial charge is 0.0445 e. The zero-order chi connectivity index (χ0) is 13.4. The van der Waals surface area contributed by atoms with Crippen LogP contribution in [0, 0.1) is 5.92 Å². The zero-order valence-electron chi connectivity index (χ0n) is 12.4. The molecule has 0 saturated carbocycles. The van der Waals surface area contributed by atoms with E-state index in [9.17, 15) is 0 Å². The third-order valence-electron chi connectivity index (χ3n) is 4.04. The molecule has 3 unspecified atom stereocenters. The van der Waals surface area contributed by atoms with Crippen molar-refractivity contribution in [2.24, 2.45) is 5.92 Å². The second-order valence-electron chi connectivity index (χ2n) is 6.17. The topological polar surface area (TPSA) is 44.3 Å². The lowest BCUT2D eigenvalue weighted by molar-refractivity contribution is 0.231. The van der Waals surface area contributed by atoms with Crippen LogP contribution >= 0.6 is 0 Å². The highest BCUT2D eigenvalue weighted by molar-refractivity contribution is 4.80. The molecule has 1 heterocycles. The van der Waals surface area contributed by atoms with Crippen LogP contribution in [0.15, 0.2) is 0 Å². The lowest BCUT2D eigenvalue weighted by Crippen LogP contribution is -2.44. The summed E-state index contributed by atoms with van der Waals surface area (Å²) in [5.74, 6) is 0.585. The normalized spacial score (nSPS) is 24.8. The molecule has 0 spiro atoms. The molecule has 18 heavy (non-hydrogen) atoms. The first-order valence-electron chi connectivity index (χ1n) is 7.73. The van der Waals surface area contributed by atoms with E-state index in [0.717, 1.165) is 6.42 Å². The summed E-state index contributed by atoms with van der Waals surface area (Å²) in [6.45, 7) is 8.19. The Morgan fingerprint density at radius 3 is 2.67 bits per heavy atom. The Bertz CT molecular complexity index is 201. The Morgan fingerprint density at radius 1 is 1.22 bits per heavy atom. The Kier molecular flexibility index (Phi) is 7.87. The minimum Gasteiger partial charge on any atom is -0.396 e. The van der Waals surface area contributed by atoms with Gasteiger partial charge in [-0.3, -0.25) is 0 Å². The summed E-state index contributed by atoms with van der Waals surface area (Å²) >= 11 is 0. The van der Waals surface area contributed by atoms with Crippen molar-refractivity contribution in [1.29, 1.82) is 0 Å². The van der Waals surface area contributed by atoms with Crippen molar-refractivity contribution in [1.82, 2.24) is 10.6 Å². The van der Waals surface area contributed by atoms with E-state index in [1.54, 1.807) is 0 Å². The van der Waals surface area contributed by atoms with Crippen LogP contribution in [-0.2, 0) is 0 Å². The number of hydrogen-bond donors (Lipinski definition) is 3. The van der Waals surface area contributed by atoms with Crippen molar-refractivity contribution in [2.45, 2.75) is 77.4 Å². The number of nitrogens with one attached hydrogen (secondary N) is 2. The van der Waals surface area contributed by atoms with Gasteiger partial charge in [-0.2, -0.15) is 0 Å². The van der Waals surface area contributed by atoms with Crippen LogP contribution in [0.1, 0.15) is 59.3 Å². The summed E-state index contributed by atoms with van der Waals surface area (Å²) in [4.78, 5) is 0. The molecule has 1 aliphatic heterocycles. The predicted molar refractivity (Wildman–Crippen MR) is 77.8 cm³/mol. The van der Waals surface area contributed by atoms with Crippen molar-refractivity contribution in [3.8, 4) is 0 Å². The number of aliphatic hydroxyl groups excluding tert-OH is 1. The van der Waals surface area contributed by atoms with E-state index >= 15 is 0 Å². The van der Waals surface area contributed by atoms with Crippen molar-refractivity contribution >= 4 is 0 Å². The van der Waals surface area contributed by atoms with E-state index in [1.165, 1.54) is 38.6 Å². The van der Waals surface area contributed by atoms with Crippen LogP contribution in [0.2, 0.25) is 0 Å². The van der Waals surface area contributed by atoms with Gasteiger partial charge < -0.3 is 15.7 Å². The van der Waals surface area contributed by atoms with Gasteiger partial charge in [-0.15, -0.1) is 0 Å². The molecule has 3 heteroatoms. The number of aliphatic hydroxyl groups is 1. The maximum atomic E-state index is 9.10. The largest absolute Gasteiger partial charge is 0.396 e. The van der Waals surface area contributed by atoms with Crippen molar-refractivity contribution < 1.29 is 5.11 Å². The molecule has 0 aliphatic carbocycles. The van der Waals surface area contributed by atoms with E-state index in [2.05, 4.69) is 31.4 Å². The van der Waals surface area contributed by atoms with Crippen LogP contribution in [0.25, 0.3) is 0 Å². The summed E-state index contributed by atoms with van der Waals surface area (Å²) in [6, 6.07) is 1.65. The molecular weight excluding hydrogens is 224 g/mol. The average Bonchev–Trinajstić information content (AvgIpc) is 2.57. The van der Waals surface area contributed by atoms with Gasteiger partial charge >= 0.3 is 0 Å². The maximum absolute atomic E-state index is 9.10. The average molecular weight is 256 g/mol. The predicted octanol–water partition coefficient (Wildman–Crippen LogP) is 2.29. The molecule has 3 nitrogen and oxygen atoms in total. The molecular formula is C15H32N2O. The van der Waals surface area contributed by atoms with E-state index in [1.807, 2.05) is 0 Å². The first-order chi connectivity index (χ1) is 8.63. The summed E-state index contributed by atoms with van der Waals surface area (Å²) in [7, 11) is 0. The molecule has 0 bridgehead atoms. The lowest BCUT2D eigenvalue weighted by atomic mass is 9.98. The van der Waals surface area contributed by atoms with Gasteiger partial charge in [0.25, 0.3) is 0 Å². The van der Waals surface area contributed by atoms with Crippen molar-refractivity contribution in [3.63, 3.8) is 0 Å².